The van der Waals surface area contributed by atoms with Gasteiger partial charge in [0.1, 0.15) is 22.7 Å². The summed E-state index contributed by atoms with van der Waals surface area (Å²) in [7, 11) is 0. The van der Waals surface area contributed by atoms with Crippen molar-refractivity contribution in [3.05, 3.63) is 63.4 Å². The highest BCUT2D eigenvalue weighted by atomic mass is 35.5. The Bertz CT molecular complexity index is 1270. The van der Waals surface area contributed by atoms with E-state index in [0.717, 1.165) is 6.42 Å². The van der Waals surface area contributed by atoms with Gasteiger partial charge < -0.3 is 19.7 Å². The van der Waals surface area contributed by atoms with E-state index in [4.69, 9.17) is 16.3 Å². The maximum atomic E-state index is 13.5. The van der Waals surface area contributed by atoms with E-state index in [-0.39, 0.29) is 18.2 Å². The van der Waals surface area contributed by atoms with Crippen molar-refractivity contribution in [2.24, 2.45) is 0 Å². The van der Waals surface area contributed by atoms with Crippen molar-refractivity contribution in [1.82, 2.24) is 25.3 Å². The number of hydrogen-bond acceptors (Lipinski definition) is 7. The van der Waals surface area contributed by atoms with E-state index >= 15 is 0 Å². The van der Waals surface area contributed by atoms with Crippen LogP contribution in [0.15, 0.2) is 24.4 Å². The zero-order valence-electron chi connectivity index (χ0n) is 18.2. The molecular weight excluding hydrogens is 467 g/mol. The Morgan fingerprint density at radius 2 is 2.18 bits per heavy atom. The van der Waals surface area contributed by atoms with Crippen LogP contribution in [0.5, 0.6) is 0 Å². The molecule has 34 heavy (non-hydrogen) atoms. The minimum absolute atomic E-state index is 0.110. The van der Waals surface area contributed by atoms with Crippen molar-refractivity contribution in [3.63, 3.8) is 0 Å². The number of ether oxygens (including phenoxy) is 1. The summed E-state index contributed by atoms with van der Waals surface area (Å²) in [6, 6.07) is 3.90. The first kappa shape index (κ1) is 22.7. The van der Waals surface area contributed by atoms with Gasteiger partial charge in [-0.05, 0) is 43.5 Å². The number of Topliss-reactive ketones (excluding diaryl/α,β-unsaturated/α-hetero) is 1. The predicted octanol–water partition coefficient (Wildman–Crippen LogP) is 1.92. The zero-order chi connectivity index (χ0) is 24.0. The fourth-order valence-corrected chi connectivity index (χ4v) is 4.79. The lowest BCUT2D eigenvalue weighted by molar-refractivity contribution is -0.0987. The van der Waals surface area contributed by atoms with Crippen LogP contribution < -0.4 is 10.6 Å². The first-order chi connectivity index (χ1) is 16.3. The standard InChI is InChI=1S/C22H22ClFN6O4/c1-11-17(19(31)21(33)27-22(9-34-10-22)16-8-25-29-28-16)15-3-2-6-30(15)18(11)20(32)26-12-4-5-14(24)13(23)7-12/h4-5,7-8,21,27,33H,2-3,6,9-10H2,1H3,(H,26,32)(H,25,28,29). The van der Waals surface area contributed by atoms with Gasteiger partial charge in [-0.1, -0.05) is 11.6 Å². The molecule has 2 aliphatic heterocycles. The second kappa shape index (κ2) is 8.58. The van der Waals surface area contributed by atoms with Crippen molar-refractivity contribution in [3.8, 4) is 0 Å². The molecule has 12 heteroatoms. The number of aromatic nitrogens is 4. The third-order valence-electron chi connectivity index (χ3n) is 6.31. The van der Waals surface area contributed by atoms with Crippen LogP contribution in [0.25, 0.3) is 0 Å². The number of aliphatic hydroxyl groups is 1. The van der Waals surface area contributed by atoms with Gasteiger partial charge in [0.2, 0.25) is 5.78 Å². The van der Waals surface area contributed by atoms with E-state index in [1.54, 1.807) is 11.5 Å². The molecule has 0 radical (unpaired) electrons. The summed E-state index contributed by atoms with van der Waals surface area (Å²) in [4.78, 5) is 26.5. The second-order valence-corrected chi connectivity index (χ2v) is 8.88. The van der Waals surface area contributed by atoms with Crippen LogP contribution in [0.3, 0.4) is 0 Å². The predicted molar refractivity (Wildman–Crippen MR) is 119 cm³/mol. The molecule has 0 spiro atoms. The highest BCUT2D eigenvalue weighted by Crippen LogP contribution is 2.32. The summed E-state index contributed by atoms with van der Waals surface area (Å²) in [6.07, 6.45) is 1.33. The molecule has 0 aliphatic carbocycles. The molecule has 1 amide bonds. The minimum Gasteiger partial charge on any atom is -0.377 e. The number of nitrogens with zero attached hydrogens (tertiary/aromatic N) is 3. The molecule has 4 heterocycles. The van der Waals surface area contributed by atoms with Gasteiger partial charge in [0.15, 0.2) is 6.23 Å². The summed E-state index contributed by atoms with van der Waals surface area (Å²) in [5.74, 6) is -1.58. The molecule has 1 saturated heterocycles. The maximum absolute atomic E-state index is 13.5. The van der Waals surface area contributed by atoms with Crippen LogP contribution >= 0.6 is 11.6 Å². The molecular formula is C22H22ClFN6O4. The van der Waals surface area contributed by atoms with E-state index in [0.29, 0.717) is 46.9 Å². The lowest BCUT2D eigenvalue weighted by Crippen LogP contribution is -2.62. The van der Waals surface area contributed by atoms with Gasteiger partial charge in [-0.15, -0.1) is 0 Å². The molecule has 1 aromatic carbocycles. The SMILES string of the molecule is Cc1c(C(=O)C(O)NC2(c3cn[nH]n3)COC2)c2n(c1C(=O)Nc1ccc(F)c(Cl)c1)CCC2. The van der Waals surface area contributed by atoms with Crippen LogP contribution in [0.4, 0.5) is 10.1 Å². The molecule has 0 bridgehead atoms. The Labute approximate surface area is 198 Å². The van der Waals surface area contributed by atoms with E-state index < -0.39 is 29.3 Å². The molecule has 178 valence electrons. The molecule has 0 saturated carbocycles. The summed E-state index contributed by atoms with van der Waals surface area (Å²) >= 11 is 5.83. The number of fused-ring (bicyclic) bond motifs is 1. The Morgan fingerprint density at radius 3 is 2.82 bits per heavy atom. The van der Waals surface area contributed by atoms with Gasteiger partial charge in [0, 0.05) is 23.5 Å². The second-order valence-electron chi connectivity index (χ2n) is 8.47. The van der Waals surface area contributed by atoms with E-state index in [1.165, 1.54) is 24.4 Å². The van der Waals surface area contributed by atoms with Crippen LogP contribution in [0.1, 0.15) is 44.2 Å². The number of hydrogen-bond donors (Lipinski definition) is 4. The number of benzene rings is 1. The van der Waals surface area contributed by atoms with Crippen molar-refractivity contribution < 1.29 is 23.8 Å². The molecule has 1 atom stereocenters. The van der Waals surface area contributed by atoms with Gasteiger partial charge in [-0.3, -0.25) is 14.9 Å². The highest BCUT2D eigenvalue weighted by Gasteiger charge is 2.46. The monoisotopic (exact) mass is 488 g/mol. The van der Waals surface area contributed by atoms with Crippen molar-refractivity contribution >= 4 is 29.0 Å². The zero-order valence-corrected chi connectivity index (χ0v) is 18.9. The molecule has 3 aromatic rings. The Balaban J connectivity index is 1.42. The lowest BCUT2D eigenvalue weighted by atomic mass is 9.92. The average molecular weight is 489 g/mol. The molecule has 10 nitrogen and oxygen atoms in total. The Kier molecular flexibility index (Phi) is 5.72. The van der Waals surface area contributed by atoms with E-state index in [2.05, 4.69) is 26.0 Å². The molecule has 1 unspecified atom stereocenters. The fourth-order valence-electron chi connectivity index (χ4n) is 4.61. The number of carbonyl (C=O) groups is 2. The lowest BCUT2D eigenvalue weighted by Gasteiger charge is -2.41. The number of ketones is 1. The number of nitrogens with one attached hydrogen (secondary N) is 3. The Morgan fingerprint density at radius 1 is 1.38 bits per heavy atom. The molecule has 2 aromatic heterocycles. The number of halogens is 2. The number of H-pyrrole nitrogens is 1. The third kappa shape index (κ3) is 3.70. The van der Waals surface area contributed by atoms with Crippen LogP contribution in [-0.2, 0) is 23.2 Å². The van der Waals surface area contributed by atoms with Gasteiger partial charge in [0.05, 0.1) is 24.4 Å². The van der Waals surface area contributed by atoms with Gasteiger partial charge in [-0.2, -0.15) is 15.4 Å². The summed E-state index contributed by atoms with van der Waals surface area (Å²) in [6.45, 7) is 2.70. The van der Waals surface area contributed by atoms with Gasteiger partial charge in [-0.25, -0.2) is 4.39 Å². The smallest absolute Gasteiger partial charge is 0.272 e. The molecule has 2 aliphatic rings. The van der Waals surface area contributed by atoms with Crippen molar-refractivity contribution in [2.45, 2.75) is 38.1 Å². The van der Waals surface area contributed by atoms with Crippen LogP contribution in [-0.4, -0.2) is 56.2 Å². The van der Waals surface area contributed by atoms with Gasteiger partial charge in [0.25, 0.3) is 5.91 Å². The number of rotatable bonds is 7. The normalized spacial score (nSPS) is 17.2. The Hall–Kier alpha value is -3.12. The summed E-state index contributed by atoms with van der Waals surface area (Å²) < 4.78 is 20.6. The summed E-state index contributed by atoms with van der Waals surface area (Å²) in [5, 5.41) is 26.8. The van der Waals surface area contributed by atoms with Crippen LogP contribution in [0.2, 0.25) is 5.02 Å². The van der Waals surface area contributed by atoms with Crippen molar-refractivity contribution in [2.75, 3.05) is 18.5 Å². The largest absolute Gasteiger partial charge is 0.377 e. The van der Waals surface area contributed by atoms with Crippen molar-refractivity contribution in [1.29, 1.82) is 0 Å². The van der Waals surface area contributed by atoms with Gasteiger partial charge >= 0.3 is 0 Å². The maximum Gasteiger partial charge on any atom is 0.272 e. The summed E-state index contributed by atoms with van der Waals surface area (Å²) in [5.41, 5.74) is 1.83. The number of aliphatic hydroxyl groups excluding tert-OH is 1. The van der Waals surface area contributed by atoms with E-state index in [9.17, 15) is 19.1 Å². The quantitative estimate of drug-likeness (QED) is 0.295. The minimum atomic E-state index is -1.54. The fraction of sp³-hybridized carbons (Fsp3) is 0.364. The first-order valence-electron chi connectivity index (χ1n) is 10.7. The average Bonchev–Trinajstić information content (AvgIpc) is 3.50. The third-order valence-corrected chi connectivity index (χ3v) is 6.60. The number of amides is 1. The number of carbonyl (C=O) groups excluding carboxylic acids is 2. The highest BCUT2D eigenvalue weighted by molar-refractivity contribution is 6.31. The topological polar surface area (TPSA) is 134 Å². The van der Waals surface area contributed by atoms with E-state index in [1.807, 2.05) is 0 Å². The number of anilines is 1. The number of aromatic amines is 1. The van der Waals surface area contributed by atoms with Crippen LogP contribution in [0, 0.1) is 12.7 Å². The molecule has 4 N–H and O–H groups in total. The molecule has 1 fully saturated rings. The first-order valence-corrected chi connectivity index (χ1v) is 11.1. The molecule has 5 rings (SSSR count).